The maximum atomic E-state index is 5.13. The van der Waals surface area contributed by atoms with E-state index in [0.29, 0.717) is 6.61 Å². The molecule has 2 aromatic rings. The number of hydrogen-bond donors (Lipinski definition) is 1. The van der Waals surface area contributed by atoms with Gasteiger partial charge in [0.25, 0.3) is 0 Å². The van der Waals surface area contributed by atoms with Crippen LogP contribution in [0, 0.1) is 0 Å². The van der Waals surface area contributed by atoms with Crippen LogP contribution >= 0.6 is 11.3 Å². The first-order valence-corrected chi connectivity index (χ1v) is 6.81. The number of methoxy groups -OCH3 is 2. The fourth-order valence-corrected chi connectivity index (χ4v) is 2.36. The molecule has 1 aromatic heterocycles. The molecule has 1 heterocycles. The molecule has 0 saturated carbocycles. The predicted octanol–water partition coefficient (Wildman–Crippen LogP) is 1.95. The number of rotatable bonds is 7. The summed E-state index contributed by atoms with van der Waals surface area (Å²) in [6, 6.07) is 7.82. The quantitative estimate of drug-likeness (QED) is 0.785. The second kappa shape index (κ2) is 7.18. The Balaban J connectivity index is 1.95. The molecule has 0 aliphatic carbocycles. The predicted molar refractivity (Wildman–Crippen MR) is 75.5 cm³/mol. The Labute approximate surface area is 116 Å². The van der Waals surface area contributed by atoms with Gasteiger partial charge in [-0.15, -0.1) is 10.2 Å². The van der Waals surface area contributed by atoms with E-state index in [0.717, 1.165) is 34.4 Å². The first-order valence-electron chi connectivity index (χ1n) is 6.00. The summed E-state index contributed by atoms with van der Waals surface area (Å²) >= 11 is 1.59. The maximum Gasteiger partial charge on any atom is 0.147 e. The molecule has 19 heavy (non-hydrogen) atoms. The zero-order chi connectivity index (χ0) is 13.5. The van der Waals surface area contributed by atoms with Crippen LogP contribution in [0.2, 0.25) is 0 Å². The standard InChI is InChI=1S/C13H17N3O2S/c1-17-8-7-14-9-12-15-16-13(19-12)10-3-5-11(18-2)6-4-10/h3-6,14H,7-9H2,1-2H3. The minimum atomic E-state index is 0.699. The molecule has 0 spiro atoms. The molecule has 0 amide bonds. The number of aromatic nitrogens is 2. The first kappa shape index (κ1) is 13.9. The van der Waals surface area contributed by atoms with E-state index in [2.05, 4.69) is 15.5 Å². The minimum Gasteiger partial charge on any atom is -0.497 e. The van der Waals surface area contributed by atoms with E-state index >= 15 is 0 Å². The summed E-state index contributed by atoms with van der Waals surface area (Å²) in [6.07, 6.45) is 0. The lowest BCUT2D eigenvalue weighted by Gasteiger charge is -2.00. The molecule has 0 aliphatic rings. The molecule has 102 valence electrons. The Morgan fingerprint density at radius 2 is 1.95 bits per heavy atom. The summed E-state index contributed by atoms with van der Waals surface area (Å²) in [5.41, 5.74) is 1.06. The Bertz CT molecular complexity index is 499. The largest absolute Gasteiger partial charge is 0.497 e. The van der Waals surface area contributed by atoms with Gasteiger partial charge in [-0.3, -0.25) is 0 Å². The van der Waals surface area contributed by atoms with Gasteiger partial charge in [-0.2, -0.15) is 0 Å². The Hall–Kier alpha value is -1.50. The van der Waals surface area contributed by atoms with E-state index in [-0.39, 0.29) is 0 Å². The van der Waals surface area contributed by atoms with Crippen LogP contribution in [0.1, 0.15) is 5.01 Å². The molecule has 0 aliphatic heterocycles. The SMILES string of the molecule is COCCNCc1nnc(-c2ccc(OC)cc2)s1. The third-order valence-electron chi connectivity index (χ3n) is 2.56. The van der Waals surface area contributed by atoms with Gasteiger partial charge in [-0.25, -0.2) is 0 Å². The van der Waals surface area contributed by atoms with E-state index in [1.807, 2.05) is 24.3 Å². The summed E-state index contributed by atoms with van der Waals surface area (Å²) in [5.74, 6) is 0.842. The second-order valence-corrected chi connectivity index (χ2v) is 4.96. The third kappa shape index (κ3) is 3.99. The second-order valence-electron chi connectivity index (χ2n) is 3.90. The molecule has 0 bridgehead atoms. The average molecular weight is 279 g/mol. The molecule has 0 saturated heterocycles. The first-order chi connectivity index (χ1) is 9.33. The van der Waals surface area contributed by atoms with Crippen molar-refractivity contribution >= 4 is 11.3 Å². The Morgan fingerprint density at radius 1 is 1.16 bits per heavy atom. The van der Waals surface area contributed by atoms with Gasteiger partial charge < -0.3 is 14.8 Å². The van der Waals surface area contributed by atoms with Crippen molar-refractivity contribution in [3.8, 4) is 16.3 Å². The van der Waals surface area contributed by atoms with Crippen LogP contribution in [0.4, 0.5) is 0 Å². The van der Waals surface area contributed by atoms with Crippen molar-refractivity contribution in [3.63, 3.8) is 0 Å². The number of benzene rings is 1. The van der Waals surface area contributed by atoms with Gasteiger partial charge in [0.05, 0.1) is 13.7 Å². The van der Waals surface area contributed by atoms with Gasteiger partial charge in [-0.05, 0) is 24.3 Å². The maximum absolute atomic E-state index is 5.13. The third-order valence-corrected chi connectivity index (χ3v) is 3.54. The summed E-state index contributed by atoms with van der Waals surface area (Å²) in [4.78, 5) is 0. The summed E-state index contributed by atoms with van der Waals surface area (Å²) in [5, 5.41) is 13.5. The molecule has 2 rings (SSSR count). The number of nitrogens with one attached hydrogen (secondary N) is 1. The van der Waals surface area contributed by atoms with E-state index in [4.69, 9.17) is 9.47 Å². The van der Waals surface area contributed by atoms with Crippen LogP contribution in [0.5, 0.6) is 5.75 Å². The van der Waals surface area contributed by atoms with E-state index in [9.17, 15) is 0 Å². The topological polar surface area (TPSA) is 56.3 Å². The van der Waals surface area contributed by atoms with Gasteiger partial charge in [-0.1, -0.05) is 11.3 Å². The van der Waals surface area contributed by atoms with Crippen LogP contribution in [0.25, 0.3) is 10.6 Å². The lowest BCUT2D eigenvalue weighted by atomic mass is 10.2. The number of ether oxygens (including phenoxy) is 2. The van der Waals surface area contributed by atoms with Crippen molar-refractivity contribution in [3.05, 3.63) is 29.3 Å². The zero-order valence-electron chi connectivity index (χ0n) is 11.0. The fraction of sp³-hybridized carbons (Fsp3) is 0.385. The molecule has 5 nitrogen and oxygen atoms in total. The number of hydrogen-bond acceptors (Lipinski definition) is 6. The minimum absolute atomic E-state index is 0.699. The molecule has 0 unspecified atom stereocenters. The molecule has 1 aromatic carbocycles. The zero-order valence-corrected chi connectivity index (χ0v) is 11.9. The van der Waals surface area contributed by atoms with E-state index in [1.54, 1.807) is 25.6 Å². The van der Waals surface area contributed by atoms with Crippen LogP contribution in [0.15, 0.2) is 24.3 Å². The Morgan fingerprint density at radius 3 is 2.63 bits per heavy atom. The molecule has 0 atom stereocenters. The molecule has 0 radical (unpaired) electrons. The van der Waals surface area contributed by atoms with E-state index < -0.39 is 0 Å². The molecular weight excluding hydrogens is 262 g/mol. The smallest absolute Gasteiger partial charge is 0.147 e. The van der Waals surface area contributed by atoms with Crippen LogP contribution < -0.4 is 10.1 Å². The van der Waals surface area contributed by atoms with Crippen molar-refractivity contribution in [2.45, 2.75) is 6.54 Å². The van der Waals surface area contributed by atoms with Crippen molar-refractivity contribution in [2.75, 3.05) is 27.4 Å². The lowest BCUT2D eigenvalue weighted by molar-refractivity contribution is 0.199. The molecule has 1 N–H and O–H groups in total. The number of nitrogens with zero attached hydrogens (tertiary/aromatic N) is 2. The normalized spacial score (nSPS) is 10.6. The van der Waals surface area contributed by atoms with Crippen LogP contribution in [-0.4, -0.2) is 37.6 Å². The molecular formula is C13H17N3O2S. The molecule has 6 heteroatoms. The van der Waals surface area contributed by atoms with Crippen molar-refractivity contribution < 1.29 is 9.47 Å². The Kier molecular flexibility index (Phi) is 5.26. The van der Waals surface area contributed by atoms with Gasteiger partial charge >= 0.3 is 0 Å². The lowest BCUT2D eigenvalue weighted by Crippen LogP contribution is -2.18. The molecule has 0 fully saturated rings. The highest BCUT2D eigenvalue weighted by Crippen LogP contribution is 2.25. The van der Waals surface area contributed by atoms with Crippen molar-refractivity contribution in [1.82, 2.24) is 15.5 Å². The summed E-state index contributed by atoms with van der Waals surface area (Å²) in [6.45, 7) is 2.23. The summed E-state index contributed by atoms with van der Waals surface area (Å²) in [7, 11) is 3.35. The van der Waals surface area contributed by atoms with Gasteiger partial charge in [0.15, 0.2) is 0 Å². The van der Waals surface area contributed by atoms with Crippen LogP contribution in [0.3, 0.4) is 0 Å². The van der Waals surface area contributed by atoms with Gasteiger partial charge in [0.1, 0.15) is 15.8 Å². The highest BCUT2D eigenvalue weighted by atomic mass is 32.1. The highest BCUT2D eigenvalue weighted by molar-refractivity contribution is 7.14. The van der Waals surface area contributed by atoms with Gasteiger partial charge in [0.2, 0.25) is 0 Å². The average Bonchev–Trinajstić information content (AvgIpc) is 2.92. The van der Waals surface area contributed by atoms with Crippen LogP contribution in [-0.2, 0) is 11.3 Å². The van der Waals surface area contributed by atoms with E-state index in [1.165, 1.54) is 0 Å². The summed E-state index contributed by atoms with van der Waals surface area (Å²) < 4.78 is 10.1. The van der Waals surface area contributed by atoms with Gasteiger partial charge in [0, 0.05) is 25.8 Å². The van der Waals surface area contributed by atoms with Crippen molar-refractivity contribution in [1.29, 1.82) is 0 Å². The highest BCUT2D eigenvalue weighted by Gasteiger charge is 2.06. The monoisotopic (exact) mass is 279 g/mol. The fourth-order valence-electron chi connectivity index (χ4n) is 1.54. The van der Waals surface area contributed by atoms with Crippen molar-refractivity contribution in [2.24, 2.45) is 0 Å².